The highest BCUT2D eigenvalue weighted by Gasteiger charge is 2.31. The van der Waals surface area contributed by atoms with Crippen molar-refractivity contribution >= 4 is 18.0 Å². The van der Waals surface area contributed by atoms with Crippen LogP contribution in [0.1, 0.15) is 27.7 Å². The van der Waals surface area contributed by atoms with Crippen molar-refractivity contribution < 1.29 is 23.9 Å². The standard InChI is InChI=1S/C16H26N2O5/c1-8-9-22-15(20)17(6)12(4)14(19)13(5)18(7)16(21)23-10-11(2)3/h1,11-13H,9-10H2,2-7H3. The minimum Gasteiger partial charge on any atom is -0.449 e. The average molecular weight is 326 g/mol. The Balaban J connectivity index is 4.70. The van der Waals surface area contributed by atoms with Gasteiger partial charge in [0.25, 0.3) is 0 Å². The number of nitrogens with zero attached hydrogens (tertiary/aromatic N) is 2. The Hall–Kier alpha value is -2.23. The molecule has 130 valence electrons. The SMILES string of the molecule is C#CCOC(=O)N(C)C(C)C(=O)C(C)N(C)C(=O)OCC(C)C. The van der Waals surface area contributed by atoms with Crippen LogP contribution in [0.5, 0.6) is 0 Å². The summed E-state index contributed by atoms with van der Waals surface area (Å²) < 4.78 is 9.85. The number of Topliss-reactive ketones (excluding diaryl/α,β-unsaturated/α-hetero) is 1. The third kappa shape index (κ3) is 6.59. The molecule has 0 rings (SSSR count). The normalized spacial score (nSPS) is 12.8. The van der Waals surface area contributed by atoms with Gasteiger partial charge in [0.1, 0.15) is 0 Å². The predicted octanol–water partition coefficient (Wildman–Crippen LogP) is 1.76. The van der Waals surface area contributed by atoms with Crippen molar-refractivity contribution in [2.75, 3.05) is 27.3 Å². The fourth-order valence-corrected chi connectivity index (χ4v) is 1.59. The molecule has 0 radical (unpaired) electrons. The largest absolute Gasteiger partial charge is 0.449 e. The van der Waals surface area contributed by atoms with E-state index in [1.54, 1.807) is 13.8 Å². The molecule has 0 bridgehead atoms. The lowest BCUT2D eigenvalue weighted by Gasteiger charge is -2.29. The summed E-state index contributed by atoms with van der Waals surface area (Å²) in [4.78, 5) is 38.3. The van der Waals surface area contributed by atoms with Crippen molar-refractivity contribution in [1.29, 1.82) is 0 Å². The molecule has 0 fully saturated rings. The van der Waals surface area contributed by atoms with Crippen molar-refractivity contribution in [2.45, 2.75) is 39.8 Å². The number of ketones is 1. The topological polar surface area (TPSA) is 76.2 Å². The molecular weight excluding hydrogens is 300 g/mol. The van der Waals surface area contributed by atoms with Crippen molar-refractivity contribution in [1.82, 2.24) is 9.80 Å². The molecule has 2 atom stereocenters. The maximum absolute atomic E-state index is 12.4. The number of hydrogen-bond donors (Lipinski definition) is 0. The first-order chi connectivity index (χ1) is 10.6. The molecule has 0 aromatic rings. The van der Waals surface area contributed by atoms with Crippen molar-refractivity contribution in [3.05, 3.63) is 0 Å². The van der Waals surface area contributed by atoms with Crippen LogP contribution in [-0.2, 0) is 14.3 Å². The van der Waals surface area contributed by atoms with E-state index >= 15 is 0 Å². The van der Waals surface area contributed by atoms with Crippen LogP contribution in [0.2, 0.25) is 0 Å². The fourth-order valence-electron chi connectivity index (χ4n) is 1.59. The molecule has 0 aliphatic heterocycles. The number of rotatable bonds is 7. The first-order valence-corrected chi connectivity index (χ1v) is 7.39. The van der Waals surface area contributed by atoms with Gasteiger partial charge >= 0.3 is 12.2 Å². The lowest BCUT2D eigenvalue weighted by molar-refractivity contribution is -0.126. The number of carbonyl (C=O) groups is 3. The highest BCUT2D eigenvalue weighted by atomic mass is 16.6. The highest BCUT2D eigenvalue weighted by molar-refractivity contribution is 5.92. The number of likely N-dealkylation sites (N-methyl/N-ethyl adjacent to an activating group) is 2. The Morgan fingerprint density at radius 2 is 1.39 bits per heavy atom. The van der Waals surface area contributed by atoms with Gasteiger partial charge < -0.3 is 19.3 Å². The van der Waals surface area contributed by atoms with Gasteiger partial charge in [-0.1, -0.05) is 19.8 Å². The van der Waals surface area contributed by atoms with Gasteiger partial charge in [-0.05, 0) is 19.8 Å². The van der Waals surface area contributed by atoms with E-state index in [1.165, 1.54) is 19.0 Å². The van der Waals surface area contributed by atoms with Crippen molar-refractivity contribution in [3.63, 3.8) is 0 Å². The maximum atomic E-state index is 12.4. The van der Waals surface area contributed by atoms with E-state index in [0.29, 0.717) is 0 Å². The second kappa shape index (κ2) is 9.72. The van der Waals surface area contributed by atoms with Gasteiger partial charge in [-0.2, -0.15) is 0 Å². The number of terminal acetylenes is 1. The number of ether oxygens (including phenoxy) is 2. The molecule has 0 aliphatic carbocycles. The summed E-state index contributed by atoms with van der Waals surface area (Å²) >= 11 is 0. The summed E-state index contributed by atoms with van der Waals surface area (Å²) in [6.45, 7) is 7.08. The van der Waals surface area contributed by atoms with Crippen LogP contribution in [0.3, 0.4) is 0 Å². The molecule has 0 spiro atoms. The molecule has 23 heavy (non-hydrogen) atoms. The molecular formula is C16H26N2O5. The lowest BCUT2D eigenvalue weighted by atomic mass is 10.1. The minimum absolute atomic E-state index is 0.166. The number of hydrogen-bond acceptors (Lipinski definition) is 5. The van der Waals surface area contributed by atoms with Crippen LogP contribution in [0, 0.1) is 18.3 Å². The van der Waals surface area contributed by atoms with Crippen molar-refractivity contribution in [3.8, 4) is 12.3 Å². The van der Waals surface area contributed by atoms with E-state index in [1.807, 2.05) is 13.8 Å². The molecule has 0 heterocycles. The summed E-state index contributed by atoms with van der Waals surface area (Å²) in [5, 5.41) is 0. The Morgan fingerprint density at radius 3 is 1.78 bits per heavy atom. The van der Waals surface area contributed by atoms with E-state index in [9.17, 15) is 14.4 Å². The number of amides is 2. The zero-order chi connectivity index (χ0) is 18.2. The fraction of sp³-hybridized carbons (Fsp3) is 0.688. The number of carbonyl (C=O) groups excluding carboxylic acids is 3. The van der Waals surface area contributed by atoms with Crippen LogP contribution in [-0.4, -0.2) is 67.2 Å². The third-order valence-electron chi connectivity index (χ3n) is 3.38. The summed E-state index contributed by atoms with van der Waals surface area (Å²) in [6, 6.07) is -1.51. The summed E-state index contributed by atoms with van der Waals surface area (Å²) in [6.07, 6.45) is 3.74. The summed E-state index contributed by atoms with van der Waals surface area (Å²) in [5.74, 6) is 2.07. The quantitative estimate of drug-likeness (QED) is 0.666. The van der Waals surface area contributed by atoms with E-state index < -0.39 is 24.3 Å². The molecule has 0 aliphatic rings. The van der Waals surface area contributed by atoms with Crippen LogP contribution >= 0.6 is 0 Å². The second-order valence-electron chi connectivity index (χ2n) is 5.71. The first kappa shape index (κ1) is 20.8. The van der Waals surface area contributed by atoms with Crippen LogP contribution < -0.4 is 0 Å². The first-order valence-electron chi connectivity index (χ1n) is 7.39. The molecule has 0 aromatic heterocycles. The van der Waals surface area contributed by atoms with Gasteiger partial charge in [-0.3, -0.25) is 4.79 Å². The van der Waals surface area contributed by atoms with Gasteiger partial charge in [0.15, 0.2) is 12.4 Å². The van der Waals surface area contributed by atoms with Gasteiger partial charge in [0, 0.05) is 14.1 Å². The monoisotopic (exact) mass is 326 g/mol. The van der Waals surface area contributed by atoms with E-state index in [-0.39, 0.29) is 24.9 Å². The molecule has 2 amide bonds. The smallest absolute Gasteiger partial charge is 0.411 e. The van der Waals surface area contributed by atoms with Gasteiger partial charge in [0.05, 0.1) is 18.7 Å². The Morgan fingerprint density at radius 1 is 0.957 bits per heavy atom. The molecule has 7 nitrogen and oxygen atoms in total. The highest BCUT2D eigenvalue weighted by Crippen LogP contribution is 2.09. The van der Waals surface area contributed by atoms with E-state index in [0.717, 1.165) is 4.90 Å². The van der Waals surface area contributed by atoms with Crippen LogP contribution in [0.4, 0.5) is 9.59 Å². The summed E-state index contributed by atoms with van der Waals surface area (Å²) in [5.41, 5.74) is 0. The summed E-state index contributed by atoms with van der Waals surface area (Å²) in [7, 11) is 2.92. The zero-order valence-electron chi connectivity index (χ0n) is 14.7. The molecule has 0 aromatic carbocycles. The Kier molecular flexibility index (Phi) is 8.78. The Labute approximate surface area is 137 Å². The third-order valence-corrected chi connectivity index (χ3v) is 3.38. The van der Waals surface area contributed by atoms with Gasteiger partial charge in [0.2, 0.25) is 0 Å². The second-order valence-corrected chi connectivity index (χ2v) is 5.71. The molecule has 0 saturated carbocycles. The van der Waals surface area contributed by atoms with Crippen molar-refractivity contribution in [2.24, 2.45) is 5.92 Å². The molecule has 0 N–H and O–H groups in total. The van der Waals surface area contributed by atoms with Gasteiger partial charge in [-0.25, -0.2) is 9.59 Å². The van der Waals surface area contributed by atoms with Crippen LogP contribution in [0.25, 0.3) is 0 Å². The van der Waals surface area contributed by atoms with Gasteiger partial charge in [-0.15, -0.1) is 6.42 Å². The van der Waals surface area contributed by atoms with Crippen LogP contribution in [0.15, 0.2) is 0 Å². The Bertz CT molecular complexity index is 470. The van der Waals surface area contributed by atoms with E-state index in [2.05, 4.69) is 5.92 Å². The lowest BCUT2D eigenvalue weighted by Crippen LogP contribution is -2.50. The average Bonchev–Trinajstić information content (AvgIpc) is 2.53. The molecule has 0 saturated heterocycles. The minimum atomic E-state index is -0.768. The zero-order valence-corrected chi connectivity index (χ0v) is 14.7. The molecule has 2 unspecified atom stereocenters. The molecule has 7 heteroatoms. The predicted molar refractivity (Wildman–Crippen MR) is 85.8 cm³/mol. The maximum Gasteiger partial charge on any atom is 0.411 e. The van der Waals surface area contributed by atoms with E-state index in [4.69, 9.17) is 15.9 Å².